The number of aliphatic hydroxyl groups excluding tert-OH is 2. The molecule has 14 rings (SSSR count). The Hall–Kier alpha value is -14.3. The lowest BCUT2D eigenvalue weighted by Crippen LogP contribution is -2.42. The highest BCUT2D eigenvalue weighted by molar-refractivity contribution is 5.92. The van der Waals surface area contributed by atoms with Gasteiger partial charge >= 0.3 is 11.9 Å². The molecule has 0 radical (unpaired) electrons. The molecule has 11 unspecified atom stereocenters. The van der Waals surface area contributed by atoms with Crippen LogP contribution in [0.2, 0.25) is 0 Å². The van der Waals surface area contributed by atoms with E-state index in [2.05, 4.69) is 0 Å². The fourth-order valence-electron chi connectivity index (χ4n) is 14.7. The number of aromatic hydroxyl groups is 23. The first-order valence-corrected chi connectivity index (χ1v) is 32.6. The van der Waals surface area contributed by atoms with Crippen molar-refractivity contribution in [3.63, 3.8) is 0 Å². The Morgan fingerprint density at radius 3 is 1.05 bits per heavy atom. The summed E-state index contributed by atoms with van der Waals surface area (Å²) in [5, 5.41) is 287. The van der Waals surface area contributed by atoms with Gasteiger partial charge in [-0.15, -0.1) is 0 Å². The fourth-order valence-corrected chi connectivity index (χ4v) is 14.7. The third kappa shape index (κ3) is 11.7. The van der Waals surface area contributed by atoms with Crippen molar-refractivity contribution in [2.45, 2.75) is 86.9 Å². The molecule has 0 aliphatic carbocycles. The second kappa shape index (κ2) is 26.1. The third-order valence-electron chi connectivity index (χ3n) is 19.9. The minimum absolute atomic E-state index is 0.00186. The number of carbonyl (C=O) groups excluding carboxylic acids is 2. The highest BCUT2D eigenvalue weighted by Crippen LogP contribution is 2.66. The van der Waals surface area contributed by atoms with Crippen molar-refractivity contribution in [3.8, 4) is 155 Å². The molecule has 4 aliphatic rings. The average molecular weight is 1500 g/mol. The molecule has 11 atom stereocenters. The smallest absolute Gasteiger partial charge is 0.338 e. The highest BCUT2D eigenvalue weighted by atomic mass is 16.6. The first-order valence-electron chi connectivity index (χ1n) is 32.6. The molecule has 564 valence electrons. The monoisotopic (exact) mass is 1500 g/mol. The lowest BCUT2D eigenvalue weighted by molar-refractivity contribution is -0.0311. The largest absolute Gasteiger partial charge is 0.507 e. The molecule has 0 bridgehead atoms. The molecule has 0 aromatic heterocycles. The van der Waals surface area contributed by atoms with E-state index in [1.165, 1.54) is 19.9 Å². The van der Waals surface area contributed by atoms with Crippen molar-refractivity contribution in [3.05, 3.63) is 193 Å². The van der Waals surface area contributed by atoms with Gasteiger partial charge in [0.25, 0.3) is 0 Å². The predicted octanol–water partition coefficient (Wildman–Crippen LogP) is 8.18. The van der Waals surface area contributed by atoms with Gasteiger partial charge in [-0.2, -0.15) is 0 Å². The molecule has 0 amide bonds. The molecule has 10 aromatic carbocycles. The number of hydrogen-bond donors (Lipinski definition) is 25. The van der Waals surface area contributed by atoms with E-state index in [4.69, 9.17) is 28.4 Å². The maximum Gasteiger partial charge on any atom is 0.338 e. The molecule has 109 heavy (non-hydrogen) atoms. The van der Waals surface area contributed by atoms with Crippen LogP contribution in [0.25, 0.3) is 0 Å². The summed E-state index contributed by atoms with van der Waals surface area (Å²) in [6.07, 6.45) is -17.0. The Kier molecular flexibility index (Phi) is 17.1. The lowest BCUT2D eigenvalue weighted by atomic mass is 9.71. The van der Waals surface area contributed by atoms with Gasteiger partial charge in [0.05, 0.1) is 35.0 Å². The summed E-state index contributed by atoms with van der Waals surface area (Å²) in [4.78, 5) is 29.9. The lowest BCUT2D eigenvalue weighted by Gasteiger charge is -2.45. The number of rotatable bonds is 11. The van der Waals surface area contributed by atoms with Crippen LogP contribution in [-0.4, -0.2) is 164 Å². The van der Waals surface area contributed by atoms with Gasteiger partial charge < -0.3 is 156 Å². The van der Waals surface area contributed by atoms with Gasteiger partial charge in [0.1, 0.15) is 75.5 Å². The maximum absolute atomic E-state index is 15.0. The van der Waals surface area contributed by atoms with Crippen LogP contribution in [-0.2, 0) is 15.9 Å². The summed E-state index contributed by atoms with van der Waals surface area (Å²) < 4.78 is 39.5. The minimum Gasteiger partial charge on any atom is -0.507 e. The van der Waals surface area contributed by atoms with Crippen LogP contribution in [0, 0.1) is 13.8 Å². The Balaban J connectivity index is 1.09. The maximum atomic E-state index is 15.0. The van der Waals surface area contributed by atoms with E-state index < -0.39 is 284 Å². The molecule has 0 spiro atoms. The van der Waals surface area contributed by atoms with Gasteiger partial charge in [0.15, 0.2) is 123 Å². The van der Waals surface area contributed by atoms with E-state index in [1.54, 1.807) is 0 Å². The molecule has 0 saturated carbocycles. The normalized spacial score (nSPS) is 21.0. The molecule has 33 nitrogen and oxygen atoms in total. The van der Waals surface area contributed by atoms with E-state index >= 15 is 4.79 Å². The molecule has 10 aromatic rings. The van der Waals surface area contributed by atoms with Crippen LogP contribution in [0.5, 0.6) is 155 Å². The summed E-state index contributed by atoms with van der Waals surface area (Å²) in [6, 6.07) is 15.0. The molecule has 4 heterocycles. The van der Waals surface area contributed by atoms with Gasteiger partial charge in [-0.05, 0) is 104 Å². The first kappa shape index (κ1) is 71.6. The zero-order chi connectivity index (χ0) is 78.4. The number of hydrogen-bond acceptors (Lipinski definition) is 33. The average Bonchev–Trinajstić information content (AvgIpc) is 0.705. The second-order valence-electron chi connectivity index (χ2n) is 26.5. The second-order valence-corrected chi connectivity index (χ2v) is 26.5. The van der Waals surface area contributed by atoms with E-state index in [9.17, 15) is 132 Å². The van der Waals surface area contributed by atoms with Crippen LogP contribution in [0.3, 0.4) is 0 Å². The van der Waals surface area contributed by atoms with Gasteiger partial charge in [-0.25, -0.2) is 9.59 Å². The molecular formula is C76H62O33. The van der Waals surface area contributed by atoms with E-state index in [1.807, 2.05) is 0 Å². The fraction of sp³-hybridized carbons (Fsp3) is 0.184. The third-order valence-corrected chi connectivity index (χ3v) is 19.9. The van der Waals surface area contributed by atoms with Crippen molar-refractivity contribution >= 4 is 11.9 Å². The Morgan fingerprint density at radius 2 is 0.624 bits per heavy atom. The van der Waals surface area contributed by atoms with E-state index in [0.29, 0.717) is 36.4 Å². The van der Waals surface area contributed by atoms with Crippen LogP contribution in [0.4, 0.5) is 0 Å². The quantitative estimate of drug-likeness (QED) is 0.0428. The van der Waals surface area contributed by atoms with Gasteiger partial charge in [0.2, 0.25) is 0 Å². The molecule has 4 aliphatic heterocycles. The van der Waals surface area contributed by atoms with Gasteiger partial charge in [0, 0.05) is 85.8 Å². The van der Waals surface area contributed by atoms with Crippen LogP contribution < -0.4 is 18.9 Å². The first-order chi connectivity index (χ1) is 51.5. The van der Waals surface area contributed by atoms with Gasteiger partial charge in [-0.1, -0.05) is 12.1 Å². The van der Waals surface area contributed by atoms with Crippen LogP contribution in [0.1, 0.15) is 135 Å². The molecule has 33 heteroatoms. The summed E-state index contributed by atoms with van der Waals surface area (Å²) in [7, 11) is 0. The molecule has 0 saturated heterocycles. The van der Waals surface area contributed by atoms with Gasteiger partial charge in [-0.3, -0.25) is 0 Å². The molecule has 0 fully saturated rings. The molecular weight excluding hydrogens is 1440 g/mol. The zero-order valence-electron chi connectivity index (χ0n) is 55.9. The number of phenolic OH excluding ortho intramolecular Hbond substituents is 23. The van der Waals surface area contributed by atoms with Crippen molar-refractivity contribution in [2.24, 2.45) is 0 Å². The number of aryl methyl sites for hydroxylation is 1. The zero-order valence-corrected chi connectivity index (χ0v) is 55.9. The Morgan fingerprint density at radius 1 is 0.312 bits per heavy atom. The SMILES string of the molecule is Cc1cc(O)c(C2c3c(O)cc(O)c(C4c5c(O)cc(O)c(C6c7c(O)cc(O)c(C)c7OC(c7cc(O)c(O)c(O)c7)C6OC(=O)c6cc(O)c(O)c(O)c6)c5OC(c5cc(O)c(O)c(O)c5)C4O)c3OC(c3ccc(O)c(O)c3)C2OC(=O)c2cc(O)c(O)c(O)c2)c2c1CC(O)C(c1ccc(O)c(O)c1)O2. The molecule has 25 N–H and O–H groups in total. The standard InChI is InChI=1S/C76H62O33/c1-22-7-36(82)54(70-30(22)18-50(96)66(105-70)24-3-5-31(77)34(80)8-24)59-56-41(87)21-39(85)52(72(56)107-68(25-4-6-32(78)35(81)9-25)73(59)108-75(102)28-14-46(92)62(99)47(93)15-28)57-51-38(84)20-40(86)55(71(51)106-67(64(57)101)26-10-42(88)60(97)43(89)11-26)58-53-37(83)19-33(79)23(2)65(53)104-69(27-12-44(90)61(98)45(91)13-27)74(58)109-76(103)29-16-48(94)63(100)49(95)17-29/h3-17,19-21,50,57-59,64,66-69,73-74,77-101H,18H2,1-2H3. The number of aliphatic hydroxyl groups is 2. The Bertz CT molecular complexity index is 5430. The van der Waals surface area contributed by atoms with Crippen LogP contribution >= 0.6 is 0 Å². The summed E-state index contributed by atoms with van der Waals surface area (Å²) >= 11 is 0. The number of esters is 2. The van der Waals surface area contributed by atoms with Crippen molar-refractivity contribution in [1.29, 1.82) is 0 Å². The topological polar surface area (TPSA) is 595 Å². The summed E-state index contributed by atoms with van der Waals surface area (Å²) in [6.45, 7) is 2.73. The number of phenols is 23. The van der Waals surface area contributed by atoms with E-state index in [0.717, 1.165) is 66.7 Å². The van der Waals surface area contributed by atoms with Crippen molar-refractivity contribution in [2.75, 3.05) is 0 Å². The number of carbonyl (C=O) groups is 2. The predicted molar refractivity (Wildman–Crippen MR) is 365 cm³/mol. The Labute approximate surface area is 610 Å². The minimum atomic E-state index is -2.51. The summed E-state index contributed by atoms with van der Waals surface area (Å²) in [5.41, 5.74) is -7.05. The van der Waals surface area contributed by atoms with Crippen LogP contribution in [0.15, 0.2) is 109 Å². The number of benzene rings is 10. The number of fused-ring (bicyclic) bond motifs is 4. The van der Waals surface area contributed by atoms with Crippen molar-refractivity contribution < 1.29 is 166 Å². The summed E-state index contributed by atoms with van der Waals surface area (Å²) in [5.74, 6) is -35.7. The van der Waals surface area contributed by atoms with Crippen molar-refractivity contribution in [1.82, 2.24) is 0 Å². The highest BCUT2D eigenvalue weighted by Gasteiger charge is 2.56. The van der Waals surface area contributed by atoms with E-state index in [-0.39, 0.29) is 40.0 Å². The number of ether oxygens (including phenoxy) is 6.